The van der Waals surface area contributed by atoms with E-state index in [9.17, 15) is 4.79 Å². The van der Waals surface area contributed by atoms with Crippen molar-refractivity contribution >= 4 is 5.78 Å². The van der Waals surface area contributed by atoms with Gasteiger partial charge in [0.1, 0.15) is 5.76 Å². The highest BCUT2D eigenvalue weighted by Gasteiger charge is 2.27. The Bertz CT molecular complexity index is 189. The molecular weight excluding hydrogens is 128 g/mol. The highest BCUT2D eigenvalue weighted by molar-refractivity contribution is 5.93. The Morgan fingerprint density at radius 1 is 1.50 bits per heavy atom. The predicted octanol–water partition coefficient (Wildman–Crippen LogP) is 1.27. The summed E-state index contributed by atoms with van der Waals surface area (Å²) in [7, 11) is 0. The minimum Gasteiger partial charge on any atom is -0.489 e. The van der Waals surface area contributed by atoms with Crippen LogP contribution in [0.5, 0.6) is 0 Å². The summed E-state index contributed by atoms with van der Waals surface area (Å²) >= 11 is 0. The molecule has 0 unspecified atom stereocenters. The van der Waals surface area contributed by atoms with Crippen LogP contribution in [0.2, 0.25) is 0 Å². The number of ketones is 1. The predicted molar refractivity (Wildman–Crippen MR) is 36.4 cm³/mol. The third-order valence-electron chi connectivity index (χ3n) is 2.19. The van der Waals surface area contributed by atoms with Crippen molar-refractivity contribution in [2.24, 2.45) is 5.92 Å². The van der Waals surface area contributed by atoms with Gasteiger partial charge in [0.25, 0.3) is 0 Å². The van der Waals surface area contributed by atoms with Gasteiger partial charge in [-0.15, -0.1) is 0 Å². The molecule has 0 atom stereocenters. The molecule has 2 aliphatic rings. The van der Waals surface area contributed by atoms with E-state index >= 15 is 0 Å². The minimum absolute atomic E-state index is 0.127. The summed E-state index contributed by atoms with van der Waals surface area (Å²) in [5.74, 6) is 1.64. The summed E-state index contributed by atoms with van der Waals surface area (Å²) in [4.78, 5) is 10.7. The van der Waals surface area contributed by atoms with E-state index in [0.717, 1.165) is 5.76 Å². The molecule has 2 nitrogen and oxygen atoms in total. The van der Waals surface area contributed by atoms with Crippen LogP contribution < -0.4 is 0 Å². The standard InChI is InChI=1S/C8H10O2/c9-7-4-8(10-5-7)6-2-1-3-6/h4,6H,1-3,5H2. The van der Waals surface area contributed by atoms with Gasteiger partial charge >= 0.3 is 0 Å². The van der Waals surface area contributed by atoms with Crippen molar-refractivity contribution in [2.45, 2.75) is 19.3 Å². The molecule has 1 aliphatic carbocycles. The Morgan fingerprint density at radius 2 is 2.30 bits per heavy atom. The van der Waals surface area contributed by atoms with Crippen LogP contribution in [0.15, 0.2) is 11.8 Å². The zero-order valence-corrected chi connectivity index (χ0v) is 5.80. The van der Waals surface area contributed by atoms with Crippen LogP contribution in [0.3, 0.4) is 0 Å². The van der Waals surface area contributed by atoms with Crippen LogP contribution in [0.4, 0.5) is 0 Å². The van der Waals surface area contributed by atoms with Crippen LogP contribution in [0.25, 0.3) is 0 Å². The average molecular weight is 138 g/mol. The quantitative estimate of drug-likeness (QED) is 0.545. The van der Waals surface area contributed by atoms with Crippen LogP contribution in [0.1, 0.15) is 19.3 Å². The Balaban J connectivity index is 2.04. The van der Waals surface area contributed by atoms with Crippen molar-refractivity contribution in [1.29, 1.82) is 0 Å². The van der Waals surface area contributed by atoms with E-state index in [2.05, 4.69) is 0 Å². The number of hydrogen-bond donors (Lipinski definition) is 0. The maximum absolute atomic E-state index is 10.7. The minimum atomic E-state index is 0.127. The van der Waals surface area contributed by atoms with Crippen LogP contribution in [0, 0.1) is 5.92 Å². The van der Waals surface area contributed by atoms with Crippen LogP contribution in [-0.2, 0) is 9.53 Å². The fourth-order valence-corrected chi connectivity index (χ4v) is 1.32. The summed E-state index contributed by atoms with van der Waals surface area (Å²) in [5.41, 5.74) is 0. The topological polar surface area (TPSA) is 26.3 Å². The lowest BCUT2D eigenvalue weighted by Gasteiger charge is -2.25. The number of allylic oxidation sites excluding steroid dienone is 1. The molecule has 0 aromatic rings. The lowest BCUT2D eigenvalue weighted by atomic mass is 9.84. The van der Waals surface area contributed by atoms with Crippen molar-refractivity contribution in [1.82, 2.24) is 0 Å². The van der Waals surface area contributed by atoms with Crippen molar-refractivity contribution in [3.63, 3.8) is 0 Å². The number of carbonyl (C=O) groups is 1. The lowest BCUT2D eigenvalue weighted by Crippen LogP contribution is -2.13. The summed E-state index contributed by atoms with van der Waals surface area (Å²) in [6.07, 6.45) is 5.36. The highest BCUT2D eigenvalue weighted by Crippen LogP contribution is 2.34. The molecule has 1 heterocycles. The van der Waals surface area contributed by atoms with Gasteiger partial charge < -0.3 is 4.74 Å². The first kappa shape index (κ1) is 5.96. The molecule has 0 aromatic carbocycles. The maximum atomic E-state index is 10.7. The fraction of sp³-hybridized carbons (Fsp3) is 0.625. The monoisotopic (exact) mass is 138 g/mol. The molecule has 0 aromatic heterocycles. The van der Waals surface area contributed by atoms with Gasteiger partial charge in [0.2, 0.25) is 0 Å². The highest BCUT2D eigenvalue weighted by atomic mass is 16.5. The van der Waals surface area contributed by atoms with Crippen molar-refractivity contribution in [3.8, 4) is 0 Å². The Morgan fingerprint density at radius 3 is 2.70 bits per heavy atom. The molecule has 1 fully saturated rings. The first-order valence-electron chi connectivity index (χ1n) is 3.73. The van der Waals surface area contributed by atoms with Crippen molar-refractivity contribution < 1.29 is 9.53 Å². The van der Waals surface area contributed by atoms with Gasteiger partial charge in [-0.3, -0.25) is 4.79 Å². The number of rotatable bonds is 1. The van der Waals surface area contributed by atoms with Gasteiger partial charge in [-0.1, -0.05) is 6.42 Å². The number of hydrogen-bond acceptors (Lipinski definition) is 2. The number of ether oxygens (including phenoxy) is 1. The van der Waals surface area contributed by atoms with E-state index < -0.39 is 0 Å². The van der Waals surface area contributed by atoms with E-state index in [1.54, 1.807) is 6.08 Å². The first-order valence-corrected chi connectivity index (χ1v) is 3.73. The maximum Gasteiger partial charge on any atom is 0.196 e. The zero-order valence-electron chi connectivity index (χ0n) is 5.80. The third kappa shape index (κ3) is 0.838. The normalized spacial score (nSPS) is 25.6. The van der Waals surface area contributed by atoms with E-state index in [-0.39, 0.29) is 12.4 Å². The lowest BCUT2D eigenvalue weighted by molar-refractivity contribution is -0.115. The summed E-state index contributed by atoms with van der Waals surface area (Å²) in [6, 6.07) is 0. The Kier molecular flexibility index (Phi) is 1.26. The van der Waals surface area contributed by atoms with E-state index in [1.165, 1.54) is 19.3 Å². The summed E-state index contributed by atoms with van der Waals surface area (Å²) in [5, 5.41) is 0. The summed E-state index contributed by atoms with van der Waals surface area (Å²) < 4.78 is 5.18. The second-order valence-electron chi connectivity index (χ2n) is 2.93. The van der Waals surface area contributed by atoms with E-state index in [4.69, 9.17) is 4.74 Å². The molecule has 0 saturated heterocycles. The van der Waals surface area contributed by atoms with Gasteiger partial charge in [-0.05, 0) is 12.8 Å². The zero-order chi connectivity index (χ0) is 6.97. The third-order valence-corrected chi connectivity index (χ3v) is 2.19. The molecule has 0 bridgehead atoms. The Labute approximate surface area is 59.9 Å². The van der Waals surface area contributed by atoms with Gasteiger partial charge in [0.05, 0.1) is 0 Å². The Hall–Kier alpha value is -0.790. The largest absolute Gasteiger partial charge is 0.489 e. The molecule has 1 saturated carbocycles. The van der Waals surface area contributed by atoms with Crippen molar-refractivity contribution in [2.75, 3.05) is 6.61 Å². The molecule has 0 spiro atoms. The molecule has 54 valence electrons. The molecule has 2 heteroatoms. The molecule has 1 aliphatic heterocycles. The van der Waals surface area contributed by atoms with Gasteiger partial charge in [0, 0.05) is 12.0 Å². The van der Waals surface area contributed by atoms with Gasteiger partial charge in [-0.25, -0.2) is 0 Å². The van der Waals surface area contributed by atoms with Gasteiger partial charge in [0.15, 0.2) is 12.4 Å². The summed E-state index contributed by atoms with van der Waals surface area (Å²) in [6.45, 7) is 0.284. The van der Waals surface area contributed by atoms with Crippen LogP contribution in [-0.4, -0.2) is 12.4 Å². The molecule has 10 heavy (non-hydrogen) atoms. The second kappa shape index (κ2) is 2.11. The van der Waals surface area contributed by atoms with Crippen molar-refractivity contribution in [3.05, 3.63) is 11.8 Å². The SMILES string of the molecule is O=C1C=C(C2CCC2)OC1. The first-order chi connectivity index (χ1) is 4.86. The van der Waals surface area contributed by atoms with Crippen LogP contribution >= 0.6 is 0 Å². The number of carbonyl (C=O) groups excluding carboxylic acids is 1. The molecule has 0 N–H and O–H groups in total. The van der Waals surface area contributed by atoms with E-state index in [0.29, 0.717) is 5.92 Å². The molecule has 0 radical (unpaired) electrons. The second-order valence-corrected chi connectivity index (χ2v) is 2.93. The fourth-order valence-electron chi connectivity index (χ4n) is 1.32. The molecule has 2 rings (SSSR count). The molecule has 0 amide bonds. The average Bonchev–Trinajstić information content (AvgIpc) is 2.10. The van der Waals surface area contributed by atoms with Gasteiger partial charge in [-0.2, -0.15) is 0 Å². The van der Waals surface area contributed by atoms with E-state index in [1.807, 2.05) is 0 Å². The smallest absolute Gasteiger partial charge is 0.196 e. The molecular formula is C8H10O2.